The van der Waals surface area contributed by atoms with Crippen molar-refractivity contribution in [3.63, 3.8) is 0 Å². The lowest BCUT2D eigenvalue weighted by molar-refractivity contribution is 0.0652. The molecule has 1 saturated heterocycles. The van der Waals surface area contributed by atoms with Gasteiger partial charge in [-0.2, -0.15) is 0 Å². The van der Waals surface area contributed by atoms with E-state index in [2.05, 4.69) is 15.4 Å². The second-order valence-corrected chi connectivity index (χ2v) is 10.9. The zero-order valence-electron chi connectivity index (χ0n) is 24.8. The highest BCUT2D eigenvalue weighted by molar-refractivity contribution is 6.33. The van der Waals surface area contributed by atoms with E-state index in [4.69, 9.17) is 40.2 Å². The van der Waals surface area contributed by atoms with Gasteiger partial charge in [0.15, 0.2) is 11.5 Å². The minimum atomic E-state index is -1.10. The monoisotopic (exact) mass is 621 g/mol. The van der Waals surface area contributed by atoms with Gasteiger partial charge in [0, 0.05) is 38.2 Å². The molecule has 0 radical (unpaired) electrons. The second kappa shape index (κ2) is 15.0. The molecule has 1 atom stereocenters. The lowest BCUT2D eigenvalue weighted by Gasteiger charge is -2.18. The van der Waals surface area contributed by atoms with Gasteiger partial charge in [0.1, 0.15) is 24.7 Å². The predicted octanol–water partition coefficient (Wildman–Crippen LogP) is 5.78. The third-order valence-electron chi connectivity index (χ3n) is 7.59. The lowest BCUT2D eigenvalue weighted by atomic mass is 10.1. The normalized spacial score (nSPS) is 14.8. The molecule has 0 saturated carbocycles. The van der Waals surface area contributed by atoms with Gasteiger partial charge in [0.2, 0.25) is 5.76 Å². The first-order valence-electron chi connectivity index (χ1n) is 14.4. The van der Waals surface area contributed by atoms with E-state index >= 15 is 0 Å². The number of hydrogen-bond acceptors (Lipinski definition) is 9. The summed E-state index contributed by atoms with van der Waals surface area (Å²) in [6.45, 7) is 4.51. The molecule has 5 rings (SSSR count). The molecule has 1 fully saturated rings. The number of rotatable bonds is 15. The van der Waals surface area contributed by atoms with E-state index < -0.39 is 5.97 Å². The molecule has 0 spiro atoms. The van der Waals surface area contributed by atoms with Crippen LogP contribution < -0.4 is 24.3 Å². The fourth-order valence-electron chi connectivity index (χ4n) is 5.04. The van der Waals surface area contributed by atoms with Crippen molar-refractivity contribution < 1.29 is 33.4 Å². The Bertz CT molecular complexity index is 1530. The second-order valence-electron chi connectivity index (χ2n) is 10.5. The van der Waals surface area contributed by atoms with Crippen molar-refractivity contribution in [3.05, 3.63) is 99.9 Å². The highest BCUT2D eigenvalue weighted by Gasteiger charge is 2.27. The van der Waals surface area contributed by atoms with Gasteiger partial charge < -0.3 is 38.8 Å². The average molecular weight is 622 g/mol. The SMILES string of the molecule is COc1ccc(COc2ccc(CNCCN3CC[C@@H](c4cc(C(=O)O)on4)C3)c(Cl)c2OCc2ccc(OC)cc2)cc1. The van der Waals surface area contributed by atoms with Gasteiger partial charge in [0.05, 0.1) is 24.9 Å². The van der Waals surface area contributed by atoms with Crippen molar-refractivity contribution in [2.45, 2.75) is 32.1 Å². The van der Waals surface area contributed by atoms with Crippen LogP contribution in [-0.4, -0.2) is 61.5 Å². The first-order chi connectivity index (χ1) is 21.4. The molecule has 4 aromatic rings. The Hall–Kier alpha value is -4.25. The number of nitrogens with one attached hydrogen (secondary N) is 1. The van der Waals surface area contributed by atoms with Crippen LogP contribution in [0.5, 0.6) is 23.0 Å². The Morgan fingerprint density at radius 3 is 2.27 bits per heavy atom. The predicted molar refractivity (Wildman–Crippen MR) is 165 cm³/mol. The number of aromatic carboxylic acids is 1. The first-order valence-corrected chi connectivity index (χ1v) is 14.8. The van der Waals surface area contributed by atoms with E-state index in [0.717, 1.165) is 60.8 Å². The first kappa shape index (κ1) is 31.2. The molecule has 232 valence electrons. The molecule has 1 aliphatic rings. The van der Waals surface area contributed by atoms with Gasteiger partial charge in [-0.1, -0.05) is 47.1 Å². The fraction of sp³-hybridized carbons (Fsp3) is 0.333. The zero-order chi connectivity index (χ0) is 30.9. The Labute approximate surface area is 261 Å². The number of methoxy groups -OCH3 is 2. The van der Waals surface area contributed by atoms with Crippen LogP contribution in [0.3, 0.4) is 0 Å². The summed E-state index contributed by atoms with van der Waals surface area (Å²) in [4.78, 5) is 13.4. The van der Waals surface area contributed by atoms with Gasteiger partial charge in [-0.05, 0) is 60.0 Å². The van der Waals surface area contributed by atoms with E-state index in [1.807, 2.05) is 60.7 Å². The van der Waals surface area contributed by atoms with Crippen LogP contribution in [0.15, 0.2) is 71.3 Å². The van der Waals surface area contributed by atoms with E-state index in [1.165, 1.54) is 6.07 Å². The van der Waals surface area contributed by atoms with Crippen LogP contribution in [0.2, 0.25) is 5.02 Å². The van der Waals surface area contributed by atoms with Crippen LogP contribution >= 0.6 is 11.6 Å². The summed E-state index contributed by atoms with van der Waals surface area (Å²) in [5, 5.41) is 17.0. The van der Waals surface area contributed by atoms with E-state index in [1.54, 1.807) is 14.2 Å². The minimum Gasteiger partial charge on any atom is -0.497 e. The van der Waals surface area contributed by atoms with Crippen LogP contribution in [0.25, 0.3) is 0 Å². The number of benzene rings is 3. The molecule has 1 aliphatic heterocycles. The summed E-state index contributed by atoms with van der Waals surface area (Å²) in [6, 6.07) is 20.8. The van der Waals surface area contributed by atoms with Crippen LogP contribution in [0, 0.1) is 0 Å². The van der Waals surface area contributed by atoms with E-state index in [9.17, 15) is 4.79 Å². The number of nitrogens with zero attached hydrogens (tertiary/aromatic N) is 2. The van der Waals surface area contributed by atoms with Gasteiger partial charge in [-0.25, -0.2) is 4.79 Å². The summed E-state index contributed by atoms with van der Waals surface area (Å²) < 4.78 is 27.9. The summed E-state index contributed by atoms with van der Waals surface area (Å²) in [7, 11) is 3.27. The number of carboxylic acids is 1. The van der Waals surface area contributed by atoms with E-state index in [-0.39, 0.29) is 11.7 Å². The maximum Gasteiger partial charge on any atom is 0.374 e. The molecule has 0 aliphatic carbocycles. The summed E-state index contributed by atoms with van der Waals surface area (Å²) in [5.41, 5.74) is 3.56. The Kier molecular flexibility index (Phi) is 10.6. The number of aromatic nitrogens is 1. The molecule has 11 heteroatoms. The van der Waals surface area contributed by atoms with Crippen LogP contribution in [0.1, 0.15) is 45.3 Å². The molecule has 0 bridgehead atoms. The number of carbonyl (C=O) groups is 1. The fourth-order valence-corrected chi connectivity index (χ4v) is 5.32. The summed E-state index contributed by atoms with van der Waals surface area (Å²) in [6.07, 6.45) is 0.907. The van der Waals surface area contributed by atoms with Crippen molar-refractivity contribution in [3.8, 4) is 23.0 Å². The summed E-state index contributed by atoms with van der Waals surface area (Å²) >= 11 is 6.92. The third-order valence-corrected chi connectivity index (χ3v) is 8.00. The largest absolute Gasteiger partial charge is 0.497 e. The highest BCUT2D eigenvalue weighted by Crippen LogP contribution is 2.39. The Morgan fingerprint density at radius 1 is 1.00 bits per heavy atom. The standard InChI is InChI=1S/C33H36ClN3O7/c1-40-26-8-3-22(4-9-26)20-42-29-12-7-24(31(34)32(29)43-21-23-5-10-27(41-2)11-6-23)18-35-14-16-37-15-13-25(19-37)28-17-30(33(38)39)44-36-28/h3-12,17,25,35H,13-16,18-21H2,1-2H3,(H,38,39)/t25-/m1/s1. The van der Waals surface area contributed by atoms with Gasteiger partial charge >= 0.3 is 5.97 Å². The highest BCUT2D eigenvalue weighted by atomic mass is 35.5. The number of ether oxygens (including phenoxy) is 4. The summed E-state index contributed by atoms with van der Waals surface area (Å²) in [5.74, 6) is 1.55. The molecule has 44 heavy (non-hydrogen) atoms. The molecular formula is C33H36ClN3O7. The van der Waals surface area contributed by atoms with Crippen molar-refractivity contribution in [2.24, 2.45) is 0 Å². The van der Waals surface area contributed by atoms with Gasteiger partial charge in [-0.3, -0.25) is 0 Å². The Balaban J connectivity index is 1.19. The zero-order valence-corrected chi connectivity index (χ0v) is 25.5. The minimum absolute atomic E-state index is 0.124. The van der Waals surface area contributed by atoms with Crippen molar-refractivity contribution in [1.29, 1.82) is 0 Å². The van der Waals surface area contributed by atoms with E-state index in [0.29, 0.717) is 42.0 Å². The van der Waals surface area contributed by atoms with Crippen molar-refractivity contribution in [1.82, 2.24) is 15.4 Å². The maximum atomic E-state index is 11.1. The average Bonchev–Trinajstić information content (AvgIpc) is 3.73. The number of likely N-dealkylation sites (tertiary alicyclic amines) is 1. The molecule has 2 N–H and O–H groups in total. The topological polar surface area (TPSA) is 116 Å². The van der Waals surface area contributed by atoms with Crippen LogP contribution in [0.4, 0.5) is 0 Å². The molecule has 2 heterocycles. The van der Waals surface area contributed by atoms with Gasteiger partial charge in [0.25, 0.3) is 0 Å². The lowest BCUT2D eigenvalue weighted by Crippen LogP contribution is -2.30. The number of halogens is 1. The maximum absolute atomic E-state index is 11.1. The number of carboxylic acid groups (broad SMARTS) is 1. The quantitative estimate of drug-likeness (QED) is 0.158. The van der Waals surface area contributed by atoms with Crippen molar-refractivity contribution >= 4 is 17.6 Å². The molecular weight excluding hydrogens is 586 g/mol. The van der Waals surface area contributed by atoms with Crippen molar-refractivity contribution in [2.75, 3.05) is 40.4 Å². The molecule has 10 nitrogen and oxygen atoms in total. The number of hydrogen-bond donors (Lipinski definition) is 2. The van der Waals surface area contributed by atoms with Gasteiger partial charge in [-0.15, -0.1) is 0 Å². The molecule has 1 aromatic heterocycles. The molecule has 0 amide bonds. The van der Waals surface area contributed by atoms with Crippen LogP contribution in [-0.2, 0) is 19.8 Å². The third kappa shape index (κ3) is 8.02. The smallest absolute Gasteiger partial charge is 0.374 e. The molecule has 3 aromatic carbocycles. The Morgan fingerprint density at radius 2 is 1.66 bits per heavy atom. The molecule has 0 unspecified atom stereocenters.